The molecule has 4 nitrogen and oxygen atoms in total. The molecule has 152 valence electrons. The van der Waals surface area contributed by atoms with Crippen LogP contribution < -0.4 is 9.64 Å². The fraction of sp³-hybridized carbons (Fsp3) is 0.458. The van der Waals surface area contributed by atoms with Gasteiger partial charge in [0.05, 0.1) is 7.11 Å². The van der Waals surface area contributed by atoms with Crippen LogP contribution in [-0.4, -0.2) is 38.4 Å². The number of hydrogen-bond acceptors (Lipinski definition) is 3. The van der Waals surface area contributed by atoms with Crippen molar-refractivity contribution in [2.45, 2.75) is 43.2 Å². The van der Waals surface area contributed by atoms with Crippen LogP contribution in [0.4, 0.5) is 10.1 Å². The molecule has 1 saturated carbocycles. The Hall–Kier alpha value is -2.40. The SMILES string of the molecule is COc1cccc(-c2ccc3c(c2)C2(CCOCC2)CN3C(=O)C2(F)CCC2)c1. The van der Waals surface area contributed by atoms with E-state index in [1.165, 1.54) is 0 Å². The second-order valence-electron chi connectivity index (χ2n) is 8.57. The number of alkyl halides is 1. The minimum Gasteiger partial charge on any atom is -0.497 e. The van der Waals surface area contributed by atoms with Crippen molar-refractivity contribution in [1.82, 2.24) is 0 Å². The van der Waals surface area contributed by atoms with E-state index in [0.29, 0.717) is 32.6 Å². The number of halogens is 1. The van der Waals surface area contributed by atoms with Gasteiger partial charge in [-0.05, 0) is 73.1 Å². The van der Waals surface area contributed by atoms with Gasteiger partial charge >= 0.3 is 0 Å². The predicted octanol–water partition coefficient (Wildman–Crippen LogP) is 4.65. The average molecular weight is 395 g/mol. The quantitative estimate of drug-likeness (QED) is 0.759. The number of fused-ring (bicyclic) bond motifs is 2. The molecule has 2 heterocycles. The van der Waals surface area contributed by atoms with Crippen LogP contribution in [0, 0.1) is 0 Å². The van der Waals surface area contributed by atoms with Crippen LogP contribution in [0.2, 0.25) is 0 Å². The second kappa shape index (κ2) is 6.84. The zero-order chi connectivity index (χ0) is 20.1. The maximum Gasteiger partial charge on any atom is 0.264 e. The van der Waals surface area contributed by atoms with Crippen molar-refractivity contribution in [1.29, 1.82) is 0 Å². The first-order valence-electron chi connectivity index (χ1n) is 10.4. The van der Waals surface area contributed by atoms with Crippen LogP contribution in [0.15, 0.2) is 42.5 Å². The lowest BCUT2D eigenvalue weighted by atomic mass is 9.75. The summed E-state index contributed by atoms with van der Waals surface area (Å²) >= 11 is 0. The van der Waals surface area contributed by atoms with Crippen LogP contribution in [0.5, 0.6) is 5.75 Å². The lowest BCUT2D eigenvalue weighted by Crippen LogP contribution is -2.51. The van der Waals surface area contributed by atoms with Crippen LogP contribution in [0.25, 0.3) is 11.1 Å². The maximum atomic E-state index is 15.0. The van der Waals surface area contributed by atoms with Gasteiger partial charge in [-0.25, -0.2) is 4.39 Å². The third-order valence-electron chi connectivity index (χ3n) is 6.95. The minimum atomic E-state index is -1.68. The van der Waals surface area contributed by atoms with E-state index in [-0.39, 0.29) is 11.3 Å². The first kappa shape index (κ1) is 18.6. The lowest BCUT2D eigenvalue weighted by Gasteiger charge is -2.37. The molecule has 0 atom stereocenters. The van der Waals surface area contributed by atoms with Crippen molar-refractivity contribution in [3.05, 3.63) is 48.0 Å². The molecule has 1 spiro atoms. The Kier molecular flexibility index (Phi) is 4.39. The summed E-state index contributed by atoms with van der Waals surface area (Å²) in [4.78, 5) is 14.8. The Morgan fingerprint density at radius 1 is 1.07 bits per heavy atom. The van der Waals surface area contributed by atoms with Gasteiger partial charge in [0.15, 0.2) is 5.67 Å². The monoisotopic (exact) mass is 395 g/mol. The number of rotatable bonds is 3. The van der Waals surface area contributed by atoms with Crippen molar-refractivity contribution in [3.63, 3.8) is 0 Å². The Balaban J connectivity index is 1.58. The molecule has 2 aromatic rings. The molecule has 0 aromatic heterocycles. The molecule has 1 aliphatic carbocycles. The zero-order valence-electron chi connectivity index (χ0n) is 16.7. The van der Waals surface area contributed by atoms with E-state index in [1.807, 2.05) is 30.3 Å². The Morgan fingerprint density at radius 2 is 1.83 bits per heavy atom. The van der Waals surface area contributed by atoms with Crippen molar-refractivity contribution in [2.24, 2.45) is 0 Å². The van der Waals surface area contributed by atoms with Crippen LogP contribution in [0.1, 0.15) is 37.7 Å². The van der Waals surface area contributed by atoms with E-state index in [4.69, 9.17) is 9.47 Å². The molecule has 2 aromatic carbocycles. The number of nitrogens with zero attached hydrogens (tertiary/aromatic N) is 1. The highest BCUT2D eigenvalue weighted by molar-refractivity contribution is 6.02. The van der Waals surface area contributed by atoms with Gasteiger partial charge in [-0.3, -0.25) is 4.79 Å². The number of methoxy groups -OCH3 is 1. The Bertz CT molecular complexity index is 947. The molecule has 1 amide bonds. The molecular formula is C24H26FNO3. The summed E-state index contributed by atoms with van der Waals surface area (Å²) in [6.45, 7) is 1.90. The molecule has 0 radical (unpaired) electrons. The third kappa shape index (κ3) is 2.94. The highest BCUT2D eigenvalue weighted by Crippen LogP contribution is 2.50. The highest BCUT2D eigenvalue weighted by atomic mass is 19.1. The van der Waals surface area contributed by atoms with E-state index in [0.717, 1.165) is 47.4 Å². The molecule has 2 fully saturated rings. The van der Waals surface area contributed by atoms with E-state index in [1.54, 1.807) is 12.0 Å². The molecule has 3 aliphatic rings. The zero-order valence-corrected chi connectivity index (χ0v) is 16.7. The molecule has 0 bridgehead atoms. The van der Waals surface area contributed by atoms with E-state index >= 15 is 0 Å². The van der Waals surface area contributed by atoms with Crippen molar-refractivity contribution >= 4 is 11.6 Å². The maximum absolute atomic E-state index is 15.0. The van der Waals surface area contributed by atoms with Gasteiger partial charge in [-0.2, -0.15) is 0 Å². The average Bonchev–Trinajstić information content (AvgIpc) is 3.05. The predicted molar refractivity (Wildman–Crippen MR) is 110 cm³/mol. The van der Waals surface area contributed by atoms with Crippen LogP contribution in [-0.2, 0) is 14.9 Å². The number of benzene rings is 2. The fourth-order valence-electron chi connectivity index (χ4n) is 4.97. The van der Waals surface area contributed by atoms with Gasteiger partial charge < -0.3 is 14.4 Å². The molecule has 29 heavy (non-hydrogen) atoms. The van der Waals surface area contributed by atoms with Gasteiger partial charge in [0.25, 0.3) is 5.91 Å². The largest absolute Gasteiger partial charge is 0.497 e. The van der Waals surface area contributed by atoms with Gasteiger partial charge in [-0.1, -0.05) is 18.2 Å². The van der Waals surface area contributed by atoms with Crippen molar-refractivity contribution in [3.8, 4) is 16.9 Å². The smallest absolute Gasteiger partial charge is 0.264 e. The normalized spacial score (nSPS) is 21.5. The number of carbonyl (C=O) groups is 1. The molecule has 1 saturated heterocycles. The molecule has 0 unspecified atom stereocenters. The third-order valence-corrected chi connectivity index (χ3v) is 6.95. The van der Waals surface area contributed by atoms with Crippen molar-refractivity contribution < 1.29 is 18.7 Å². The summed E-state index contributed by atoms with van der Waals surface area (Å²) < 4.78 is 26.0. The minimum absolute atomic E-state index is 0.155. The standard InChI is InChI=1S/C24H26FNO3/c1-28-19-5-2-4-17(14-19)18-6-7-21-20(15-18)23(10-12-29-13-11-23)16-26(21)22(27)24(25)8-3-9-24/h2,4-7,14-15H,3,8-13,16H2,1H3. The first-order chi connectivity index (χ1) is 14.0. The summed E-state index contributed by atoms with van der Waals surface area (Å²) in [5, 5.41) is 0. The number of carbonyl (C=O) groups excluding carboxylic acids is 1. The lowest BCUT2D eigenvalue weighted by molar-refractivity contribution is -0.135. The fourth-order valence-corrected chi connectivity index (χ4v) is 4.97. The number of hydrogen-bond donors (Lipinski definition) is 0. The molecule has 5 heteroatoms. The van der Waals surface area contributed by atoms with Crippen LogP contribution >= 0.6 is 0 Å². The van der Waals surface area contributed by atoms with E-state index in [2.05, 4.69) is 12.1 Å². The van der Waals surface area contributed by atoms with Gasteiger partial charge in [-0.15, -0.1) is 0 Å². The molecule has 0 N–H and O–H groups in total. The Morgan fingerprint density at radius 3 is 2.52 bits per heavy atom. The molecule has 2 aliphatic heterocycles. The summed E-state index contributed by atoms with van der Waals surface area (Å²) in [6, 6.07) is 14.2. The number of anilines is 1. The topological polar surface area (TPSA) is 38.8 Å². The highest BCUT2D eigenvalue weighted by Gasteiger charge is 2.53. The van der Waals surface area contributed by atoms with E-state index < -0.39 is 5.67 Å². The number of ether oxygens (including phenoxy) is 2. The van der Waals surface area contributed by atoms with Crippen LogP contribution in [0.3, 0.4) is 0 Å². The summed E-state index contributed by atoms with van der Waals surface area (Å²) in [5.74, 6) is 0.451. The Labute approximate surface area is 170 Å². The molecular weight excluding hydrogens is 369 g/mol. The summed E-state index contributed by atoms with van der Waals surface area (Å²) in [7, 11) is 1.66. The summed E-state index contributed by atoms with van der Waals surface area (Å²) in [5.41, 5.74) is 2.34. The first-order valence-corrected chi connectivity index (χ1v) is 10.4. The van der Waals surface area contributed by atoms with E-state index in [9.17, 15) is 9.18 Å². The molecule has 5 rings (SSSR count). The van der Waals surface area contributed by atoms with Gasteiger partial charge in [0.1, 0.15) is 5.75 Å². The second-order valence-corrected chi connectivity index (χ2v) is 8.57. The number of amides is 1. The van der Waals surface area contributed by atoms with Crippen molar-refractivity contribution in [2.75, 3.05) is 31.8 Å². The van der Waals surface area contributed by atoms with Gasteiger partial charge in [0.2, 0.25) is 0 Å². The van der Waals surface area contributed by atoms with Gasteiger partial charge in [0, 0.05) is 30.9 Å². The summed E-state index contributed by atoms with van der Waals surface area (Å²) in [6.07, 6.45) is 3.18.